The summed E-state index contributed by atoms with van der Waals surface area (Å²) in [4.78, 5) is 23.2. The lowest BCUT2D eigenvalue weighted by Gasteiger charge is -2.16. The molecule has 26 heavy (non-hydrogen) atoms. The van der Waals surface area contributed by atoms with Crippen LogP contribution in [0.3, 0.4) is 0 Å². The average Bonchev–Trinajstić information content (AvgIpc) is 2.65. The van der Waals surface area contributed by atoms with Crippen LogP contribution in [0.1, 0.15) is 48.5 Å². The van der Waals surface area contributed by atoms with Crippen LogP contribution in [0.2, 0.25) is 0 Å². The zero-order valence-electron chi connectivity index (χ0n) is 15.2. The molecule has 0 spiro atoms. The fraction of sp³-hybridized carbons (Fsp3) is 0.333. The summed E-state index contributed by atoms with van der Waals surface area (Å²) in [6, 6.07) is 12.4. The van der Waals surface area contributed by atoms with Crippen LogP contribution >= 0.6 is 0 Å². The van der Waals surface area contributed by atoms with E-state index in [1.54, 1.807) is 24.3 Å². The van der Waals surface area contributed by atoms with Crippen molar-refractivity contribution in [1.29, 1.82) is 0 Å². The molecule has 1 N–H and O–H groups in total. The second-order valence-electron chi connectivity index (χ2n) is 6.00. The van der Waals surface area contributed by atoms with Gasteiger partial charge in [-0.3, -0.25) is 0 Å². The molecular formula is C21H24O5. The molecule has 2 aromatic rings. The van der Waals surface area contributed by atoms with E-state index in [0.717, 1.165) is 36.8 Å². The highest BCUT2D eigenvalue weighted by Crippen LogP contribution is 2.34. The van der Waals surface area contributed by atoms with E-state index in [2.05, 4.69) is 6.92 Å². The molecule has 0 aliphatic rings. The van der Waals surface area contributed by atoms with E-state index in [4.69, 9.17) is 14.6 Å². The largest absolute Gasteiger partial charge is 0.511 e. The number of benzene rings is 2. The van der Waals surface area contributed by atoms with Gasteiger partial charge < -0.3 is 14.6 Å². The van der Waals surface area contributed by atoms with Crippen LogP contribution in [0.4, 0.5) is 4.79 Å². The molecule has 0 fully saturated rings. The van der Waals surface area contributed by atoms with Gasteiger partial charge in [0.05, 0.1) is 12.7 Å². The molecule has 0 aliphatic carbocycles. The molecule has 0 radical (unpaired) electrons. The Balaban J connectivity index is 2.50. The van der Waals surface area contributed by atoms with Crippen LogP contribution in [0.5, 0.6) is 5.75 Å². The summed E-state index contributed by atoms with van der Waals surface area (Å²) in [5.41, 5.74) is 2.74. The molecular weight excluding hydrogens is 332 g/mol. The molecule has 0 aromatic heterocycles. The first-order valence-corrected chi connectivity index (χ1v) is 8.78. The number of hydrogen-bond acceptors (Lipinski definition) is 4. The number of carboxylic acid groups (broad SMARTS) is 1. The number of unbranched alkanes of at least 4 members (excludes halogenated alkanes) is 3. The molecule has 0 heterocycles. The lowest BCUT2D eigenvalue weighted by molar-refractivity contribution is 0.0601. The lowest BCUT2D eigenvalue weighted by atomic mass is 9.92. The quantitative estimate of drug-likeness (QED) is 0.394. The minimum Gasteiger partial charge on any atom is -0.465 e. The van der Waals surface area contributed by atoms with Gasteiger partial charge in [-0.1, -0.05) is 56.5 Å². The lowest BCUT2D eigenvalue weighted by Crippen LogP contribution is -2.08. The number of carbonyl (C=O) groups is 2. The minimum absolute atomic E-state index is 0.311. The van der Waals surface area contributed by atoms with E-state index in [1.807, 2.05) is 18.2 Å². The molecule has 0 saturated heterocycles. The van der Waals surface area contributed by atoms with Crippen molar-refractivity contribution in [2.75, 3.05) is 7.11 Å². The zero-order chi connectivity index (χ0) is 18.9. The highest BCUT2D eigenvalue weighted by atomic mass is 16.7. The number of rotatable bonds is 8. The highest BCUT2D eigenvalue weighted by Gasteiger charge is 2.18. The highest BCUT2D eigenvalue weighted by molar-refractivity contribution is 5.98. The van der Waals surface area contributed by atoms with Gasteiger partial charge in [0.1, 0.15) is 5.75 Å². The third kappa shape index (κ3) is 4.85. The van der Waals surface area contributed by atoms with Crippen LogP contribution < -0.4 is 4.74 Å². The van der Waals surface area contributed by atoms with Gasteiger partial charge in [0.2, 0.25) is 0 Å². The van der Waals surface area contributed by atoms with E-state index >= 15 is 0 Å². The summed E-state index contributed by atoms with van der Waals surface area (Å²) in [6.07, 6.45) is 3.53. The monoisotopic (exact) mass is 356 g/mol. The van der Waals surface area contributed by atoms with E-state index in [-0.39, 0.29) is 0 Å². The molecule has 0 bridgehead atoms. The molecule has 0 amide bonds. The Morgan fingerprint density at radius 2 is 1.69 bits per heavy atom. The summed E-state index contributed by atoms with van der Waals surface area (Å²) in [6.45, 7) is 2.14. The number of methoxy groups -OCH3 is 1. The Morgan fingerprint density at radius 3 is 2.38 bits per heavy atom. The standard InChI is InChI=1S/C21H24O5/c1-3-4-5-6-11-17-15(13-9-14-19(17)26-21(23)24)16-10-7-8-12-18(16)20(22)25-2/h7-10,12-14H,3-6,11H2,1-2H3,(H,23,24). The number of esters is 1. The van der Waals surface area contributed by atoms with Crippen molar-refractivity contribution in [3.8, 4) is 16.9 Å². The van der Waals surface area contributed by atoms with Gasteiger partial charge in [0, 0.05) is 5.56 Å². The maximum atomic E-state index is 12.1. The van der Waals surface area contributed by atoms with Crippen molar-refractivity contribution in [3.63, 3.8) is 0 Å². The number of hydrogen-bond donors (Lipinski definition) is 1. The van der Waals surface area contributed by atoms with E-state index < -0.39 is 12.1 Å². The van der Waals surface area contributed by atoms with Crippen LogP contribution in [0, 0.1) is 0 Å². The van der Waals surface area contributed by atoms with Crippen LogP contribution in [-0.4, -0.2) is 24.3 Å². The third-order valence-electron chi connectivity index (χ3n) is 4.23. The summed E-state index contributed by atoms with van der Waals surface area (Å²) >= 11 is 0. The van der Waals surface area contributed by atoms with Crippen molar-refractivity contribution < 1.29 is 24.2 Å². The van der Waals surface area contributed by atoms with Crippen LogP contribution in [0.25, 0.3) is 11.1 Å². The Bertz CT molecular complexity index is 767. The molecule has 138 valence electrons. The van der Waals surface area contributed by atoms with Gasteiger partial charge in [-0.25, -0.2) is 9.59 Å². The Labute approximate surface area is 153 Å². The predicted molar refractivity (Wildman–Crippen MR) is 99.7 cm³/mol. The average molecular weight is 356 g/mol. The number of ether oxygens (including phenoxy) is 2. The molecule has 2 aromatic carbocycles. The molecule has 5 heteroatoms. The smallest absolute Gasteiger partial charge is 0.465 e. The summed E-state index contributed by atoms with van der Waals surface area (Å²) in [5, 5.41) is 9.05. The Kier molecular flexibility index (Phi) is 7.21. The van der Waals surface area contributed by atoms with Gasteiger partial charge in [0.25, 0.3) is 0 Å². The minimum atomic E-state index is -1.35. The van der Waals surface area contributed by atoms with Gasteiger partial charge in [0.15, 0.2) is 0 Å². The first-order valence-electron chi connectivity index (χ1n) is 8.78. The Hall–Kier alpha value is -2.82. The summed E-state index contributed by atoms with van der Waals surface area (Å²) in [7, 11) is 1.34. The fourth-order valence-electron chi connectivity index (χ4n) is 3.00. The molecule has 2 rings (SSSR count). The first-order chi connectivity index (χ1) is 12.6. The van der Waals surface area contributed by atoms with Gasteiger partial charge >= 0.3 is 12.1 Å². The second-order valence-corrected chi connectivity index (χ2v) is 6.00. The van der Waals surface area contributed by atoms with Crippen molar-refractivity contribution >= 4 is 12.1 Å². The third-order valence-corrected chi connectivity index (χ3v) is 4.23. The molecule has 0 saturated carbocycles. The molecule has 5 nitrogen and oxygen atoms in total. The van der Waals surface area contributed by atoms with Gasteiger partial charge in [-0.15, -0.1) is 0 Å². The maximum Gasteiger partial charge on any atom is 0.511 e. The van der Waals surface area contributed by atoms with Crippen LogP contribution in [-0.2, 0) is 11.2 Å². The van der Waals surface area contributed by atoms with Crippen molar-refractivity contribution in [2.24, 2.45) is 0 Å². The first kappa shape index (κ1) is 19.5. The summed E-state index contributed by atoms with van der Waals surface area (Å²) in [5.74, 6) is -0.117. The SMILES string of the molecule is CCCCCCc1c(OC(=O)O)cccc1-c1ccccc1C(=O)OC. The zero-order valence-corrected chi connectivity index (χ0v) is 15.2. The van der Waals surface area contributed by atoms with Crippen molar-refractivity contribution in [1.82, 2.24) is 0 Å². The maximum absolute atomic E-state index is 12.1. The fourth-order valence-corrected chi connectivity index (χ4v) is 3.00. The van der Waals surface area contributed by atoms with Crippen LogP contribution in [0.15, 0.2) is 42.5 Å². The molecule has 0 atom stereocenters. The molecule has 0 unspecified atom stereocenters. The number of carbonyl (C=O) groups excluding carboxylic acids is 1. The van der Waals surface area contributed by atoms with E-state index in [9.17, 15) is 9.59 Å². The van der Waals surface area contributed by atoms with Gasteiger partial charge in [-0.05, 0) is 36.1 Å². The normalized spacial score (nSPS) is 10.4. The predicted octanol–water partition coefficient (Wildman–Crippen LogP) is 5.32. The van der Waals surface area contributed by atoms with Crippen molar-refractivity contribution in [3.05, 3.63) is 53.6 Å². The summed E-state index contributed by atoms with van der Waals surface area (Å²) < 4.78 is 9.87. The van der Waals surface area contributed by atoms with Gasteiger partial charge in [-0.2, -0.15) is 0 Å². The Morgan fingerprint density at radius 1 is 0.962 bits per heavy atom. The van der Waals surface area contributed by atoms with E-state index in [1.165, 1.54) is 7.11 Å². The van der Waals surface area contributed by atoms with E-state index in [0.29, 0.717) is 23.3 Å². The van der Waals surface area contributed by atoms with Crippen molar-refractivity contribution in [2.45, 2.75) is 39.0 Å². The molecule has 0 aliphatic heterocycles. The topological polar surface area (TPSA) is 72.8 Å². The second kappa shape index (κ2) is 9.61.